The van der Waals surface area contributed by atoms with Crippen molar-refractivity contribution in [1.82, 2.24) is 0 Å². The second kappa shape index (κ2) is 6.18. The van der Waals surface area contributed by atoms with E-state index in [0.717, 1.165) is 6.92 Å². The van der Waals surface area contributed by atoms with Crippen LogP contribution in [0, 0.1) is 5.92 Å². The molecule has 0 aliphatic carbocycles. The number of carbonyl (C=O) groups excluding carboxylic acids is 1. The molecule has 0 aromatic heterocycles. The minimum absolute atomic E-state index is 0.0364. The summed E-state index contributed by atoms with van der Waals surface area (Å²) in [6.45, 7) is 4.09. The monoisotopic (exact) mass is 328 g/mol. The van der Waals surface area contributed by atoms with Crippen LogP contribution < -0.4 is 0 Å². The number of hydrogen-bond acceptors (Lipinski definition) is 2. The van der Waals surface area contributed by atoms with E-state index in [4.69, 9.17) is 4.74 Å². The van der Waals surface area contributed by atoms with Crippen LogP contribution in [0.2, 0.25) is 0 Å². The molecule has 0 aliphatic rings. The molecule has 8 heteroatoms. The molecule has 1 atom stereocenters. The predicted molar refractivity (Wildman–Crippen MR) is 65.8 cm³/mol. The normalized spacial score (nSPS) is 14.1. The Balaban J connectivity index is 3.48. The number of ether oxygens (including phenoxy) is 1. The third kappa shape index (κ3) is 4.64. The molecule has 0 N–H and O–H groups in total. The molecule has 0 amide bonds. The van der Waals surface area contributed by atoms with Crippen molar-refractivity contribution in [1.29, 1.82) is 0 Å². The van der Waals surface area contributed by atoms with Crippen LogP contribution in [0.3, 0.4) is 0 Å². The average Bonchev–Trinajstić information content (AvgIpc) is 2.32. The van der Waals surface area contributed by atoms with Crippen molar-refractivity contribution in [3.8, 4) is 0 Å². The molecule has 1 unspecified atom stereocenters. The molecule has 0 saturated carbocycles. The van der Waals surface area contributed by atoms with Crippen LogP contribution in [-0.2, 0) is 21.9 Å². The summed E-state index contributed by atoms with van der Waals surface area (Å²) in [5.74, 6) is -1.28. The topological polar surface area (TPSA) is 26.3 Å². The molecular formula is C14H14F6O2. The lowest BCUT2D eigenvalue weighted by Crippen LogP contribution is -2.18. The highest BCUT2D eigenvalue weighted by molar-refractivity contribution is 5.66. The van der Waals surface area contributed by atoms with Gasteiger partial charge >= 0.3 is 18.3 Å². The quantitative estimate of drug-likeness (QED) is 0.577. The SMILES string of the molecule is CC(=O)OC(c1cc(C(F)(F)F)cc(C(F)(F)F)c1)C(C)C. The first kappa shape index (κ1) is 18.3. The summed E-state index contributed by atoms with van der Waals surface area (Å²) >= 11 is 0. The Morgan fingerprint density at radius 3 is 1.64 bits per heavy atom. The summed E-state index contributed by atoms with van der Waals surface area (Å²) in [5, 5.41) is 0. The second-order valence-electron chi connectivity index (χ2n) is 5.11. The highest BCUT2D eigenvalue weighted by Crippen LogP contribution is 2.39. The fourth-order valence-electron chi connectivity index (χ4n) is 1.91. The predicted octanol–water partition coefficient (Wildman–Crippen LogP) is 4.98. The summed E-state index contributed by atoms with van der Waals surface area (Å²) < 4.78 is 81.6. The van der Waals surface area contributed by atoms with Gasteiger partial charge < -0.3 is 4.74 Å². The number of esters is 1. The van der Waals surface area contributed by atoms with E-state index in [1.807, 2.05) is 0 Å². The van der Waals surface area contributed by atoms with Gasteiger partial charge in [-0.3, -0.25) is 4.79 Å². The van der Waals surface area contributed by atoms with E-state index in [-0.39, 0.29) is 11.6 Å². The molecular weight excluding hydrogens is 314 g/mol. The largest absolute Gasteiger partial charge is 0.457 e. The van der Waals surface area contributed by atoms with Gasteiger partial charge in [0.1, 0.15) is 6.10 Å². The van der Waals surface area contributed by atoms with Crippen molar-refractivity contribution in [2.45, 2.75) is 39.2 Å². The Morgan fingerprint density at radius 1 is 0.955 bits per heavy atom. The molecule has 0 heterocycles. The maximum Gasteiger partial charge on any atom is 0.416 e. The second-order valence-corrected chi connectivity index (χ2v) is 5.11. The van der Waals surface area contributed by atoms with Crippen LogP contribution in [0.25, 0.3) is 0 Å². The summed E-state index contributed by atoms with van der Waals surface area (Å²) in [5.41, 5.74) is -3.21. The van der Waals surface area contributed by atoms with Crippen LogP contribution in [0.15, 0.2) is 18.2 Å². The lowest BCUT2D eigenvalue weighted by atomic mass is 9.94. The molecule has 2 nitrogen and oxygen atoms in total. The lowest BCUT2D eigenvalue weighted by molar-refractivity contribution is -0.149. The first-order chi connectivity index (χ1) is 9.82. The molecule has 0 aliphatic heterocycles. The van der Waals surface area contributed by atoms with Crippen LogP contribution in [-0.4, -0.2) is 5.97 Å². The lowest BCUT2D eigenvalue weighted by Gasteiger charge is -2.23. The van der Waals surface area contributed by atoms with Gasteiger partial charge in [0.15, 0.2) is 0 Å². The third-order valence-electron chi connectivity index (χ3n) is 2.84. The molecule has 0 bridgehead atoms. The first-order valence-corrected chi connectivity index (χ1v) is 6.29. The van der Waals surface area contributed by atoms with Gasteiger partial charge in [-0.05, 0) is 29.7 Å². The van der Waals surface area contributed by atoms with Crippen molar-refractivity contribution in [2.75, 3.05) is 0 Å². The van der Waals surface area contributed by atoms with E-state index in [9.17, 15) is 31.1 Å². The Hall–Kier alpha value is -1.73. The van der Waals surface area contributed by atoms with Gasteiger partial charge in [0.2, 0.25) is 0 Å². The van der Waals surface area contributed by atoms with Crippen molar-refractivity contribution in [2.24, 2.45) is 5.92 Å². The summed E-state index contributed by atoms with van der Waals surface area (Å²) in [6.07, 6.45) is -11.1. The molecule has 0 radical (unpaired) electrons. The zero-order chi connectivity index (χ0) is 17.3. The summed E-state index contributed by atoms with van der Waals surface area (Å²) in [4.78, 5) is 11.0. The van der Waals surface area contributed by atoms with E-state index in [1.54, 1.807) is 0 Å². The minimum atomic E-state index is -4.94. The van der Waals surface area contributed by atoms with Gasteiger partial charge in [0.25, 0.3) is 0 Å². The molecule has 124 valence electrons. The maximum atomic E-state index is 12.8. The molecule has 1 aromatic carbocycles. The highest BCUT2D eigenvalue weighted by Gasteiger charge is 2.38. The molecule has 0 saturated heterocycles. The molecule has 0 spiro atoms. The van der Waals surface area contributed by atoms with E-state index in [1.165, 1.54) is 13.8 Å². The Bertz CT molecular complexity index is 513. The molecule has 1 aromatic rings. The fourth-order valence-corrected chi connectivity index (χ4v) is 1.91. The third-order valence-corrected chi connectivity index (χ3v) is 2.84. The van der Waals surface area contributed by atoms with E-state index >= 15 is 0 Å². The van der Waals surface area contributed by atoms with Crippen molar-refractivity contribution >= 4 is 5.97 Å². The zero-order valence-corrected chi connectivity index (χ0v) is 12.0. The number of alkyl halides is 6. The standard InChI is InChI=1S/C14H14F6O2/c1-7(2)12(22-8(3)21)9-4-10(13(15,16)17)6-11(5-9)14(18,19)20/h4-7,12H,1-3H3. The van der Waals surface area contributed by atoms with Crippen LogP contribution >= 0.6 is 0 Å². The van der Waals surface area contributed by atoms with Crippen LogP contribution in [0.1, 0.15) is 43.6 Å². The molecule has 0 fully saturated rings. The maximum absolute atomic E-state index is 12.8. The van der Waals surface area contributed by atoms with Gasteiger partial charge in [0, 0.05) is 6.92 Å². The van der Waals surface area contributed by atoms with Gasteiger partial charge in [0.05, 0.1) is 11.1 Å². The van der Waals surface area contributed by atoms with E-state index in [0.29, 0.717) is 12.1 Å². The van der Waals surface area contributed by atoms with E-state index < -0.39 is 41.5 Å². The minimum Gasteiger partial charge on any atom is -0.457 e. The van der Waals surface area contributed by atoms with Gasteiger partial charge in [-0.1, -0.05) is 13.8 Å². The van der Waals surface area contributed by atoms with E-state index in [2.05, 4.69) is 0 Å². The number of benzene rings is 1. The molecule has 22 heavy (non-hydrogen) atoms. The number of halogens is 6. The Kier molecular flexibility index (Phi) is 5.14. The van der Waals surface area contributed by atoms with Crippen molar-refractivity contribution in [3.05, 3.63) is 34.9 Å². The molecule has 1 rings (SSSR count). The van der Waals surface area contributed by atoms with Crippen LogP contribution in [0.4, 0.5) is 26.3 Å². The number of rotatable bonds is 3. The van der Waals surface area contributed by atoms with Gasteiger partial charge in [-0.25, -0.2) is 0 Å². The highest BCUT2D eigenvalue weighted by atomic mass is 19.4. The Morgan fingerprint density at radius 2 is 1.36 bits per heavy atom. The summed E-state index contributed by atoms with van der Waals surface area (Å²) in [6, 6.07) is 1.18. The fraction of sp³-hybridized carbons (Fsp3) is 0.500. The van der Waals surface area contributed by atoms with Gasteiger partial charge in [-0.2, -0.15) is 26.3 Å². The Labute approximate surface area is 123 Å². The smallest absolute Gasteiger partial charge is 0.416 e. The van der Waals surface area contributed by atoms with Crippen molar-refractivity contribution < 1.29 is 35.9 Å². The summed E-state index contributed by atoms with van der Waals surface area (Å²) in [7, 11) is 0. The average molecular weight is 328 g/mol. The number of carbonyl (C=O) groups is 1. The van der Waals surface area contributed by atoms with Gasteiger partial charge in [-0.15, -0.1) is 0 Å². The zero-order valence-electron chi connectivity index (χ0n) is 12.0. The van der Waals surface area contributed by atoms with Crippen LogP contribution in [0.5, 0.6) is 0 Å². The first-order valence-electron chi connectivity index (χ1n) is 6.29. The number of hydrogen-bond donors (Lipinski definition) is 0. The van der Waals surface area contributed by atoms with Crippen molar-refractivity contribution in [3.63, 3.8) is 0 Å².